The van der Waals surface area contributed by atoms with Crippen LogP contribution in [0.3, 0.4) is 0 Å². The Hall–Kier alpha value is -3.62. The summed E-state index contributed by atoms with van der Waals surface area (Å²) < 4.78 is 24.6. The van der Waals surface area contributed by atoms with E-state index in [1.54, 1.807) is 22.8 Å². The predicted octanol–water partition coefficient (Wildman–Crippen LogP) is 5.00. The van der Waals surface area contributed by atoms with Crippen LogP contribution < -0.4 is 21.5 Å². The summed E-state index contributed by atoms with van der Waals surface area (Å²) in [5.41, 5.74) is 7.47. The molecule has 5 rings (SSSR count). The number of fused-ring (bicyclic) bond motifs is 1. The largest absolute Gasteiger partial charge is 0.490 e. The van der Waals surface area contributed by atoms with E-state index in [4.69, 9.17) is 10.5 Å². The number of rotatable bonds is 6. The molecule has 0 unspecified atom stereocenters. The Labute approximate surface area is 215 Å². The molecule has 2 aromatic carbocycles. The Kier molecular flexibility index (Phi) is 7.04. The fourth-order valence-corrected chi connectivity index (χ4v) is 5.42. The number of aryl methyl sites for hydroxylation is 1. The Morgan fingerprint density at radius 3 is 2.73 bits per heavy atom. The highest BCUT2D eigenvalue weighted by Gasteiger charge is 2.27. The number of amides is 1. The molecule has 3 N–H and O–H groups in total. The van der Waals surface area contributed by atoms with E-state index in [0.29, 0.717) is 36.1 Å². The van der Waals surface area contributed by atoms with E-state index >= 15 is 4.39 Å². The summed E-state index contributed by atoms with van der Waals surface area (Å²) in [6.07, 6.45) is 7.92. The summed E-state index contributed by atoms with van der Waals surface area (Å²) >= 11 is 0. The minimum Gasteiger partial charge on any atom is -0.490 e. The smallest absolute Gasteiger partial charge is 0.350 e. The van der Waals surface area contributed by atoms with Crippen LogP contribution in [0.2, 0.25) is 0 Å². The zero-order chi connectivity index (χ0) is 26.1. The number of nitrogens with zero attached hydrogens (tertiary/aromatic N) is 3. The maximum Gasteiger partial charge on any atom is 0.350 e. The maximum absolute atomic E-state index is 15.5. The molecule has 37 heavy (non-hydrogen) atoms. The first-order valence-electron chi connectivity index (χ1n) is 13.2. The molecule has 0 bridgehead atoms. The fourth-order valence-electron chi connectivity index (χ4n) is 5.42. The van der Waals surface area contributed by atoms with Crippen LogP contribution in [0.15, 0.2) is 35.1 Å². The summed E-state index contributed by atoms with van der Waals surface area (Å²) in [5, 5.41) is 7.26. The normalized spacial score (nSPS) is 16.7. The van der Waals surface area contributed by atoms with Gasteiger partial charge in [-0.1, -0.05) is 25.3 Å². The number of nitrogens with two attached hydrogens (primary N) is 1. The van der Waals surface area contributed by atoms with Gasteiger partial charge < -0.3 is 15.8 Å². The monoisotopic (exact) mass is 507 g/mol. The number of nitrogen functional groups attached to an aromatic ring is 1. The summed E-state index contributed by atoms with van der Waals surface area (Å²) in [5.74, 6) is -0.0119. The van der Waals surface area contributed by atoms with Gasteiger partial charge in [0.15, 0.2) is 0 Å². The second kappa shape index (κ2) is 10.4. The number of anilines is 2. The second-order valence-electron chi connectivity index (χ2n) is 10.2. The number of nitrogens with one attached hydrogen (secondary N) is 1. The average molecular weight is 508 g/mol. The van der Waals surface area contributed by atoms with Crippen molar-refractivity contribution in [1.29, 1.82) is 0 Å². The van der Waals surface area contributed by atoms with Crippen molar-refractivity contribution in [2.24, 2.45) is 5.92 Å². The number of hydrogen-bond acceptors (Lipinski definition) is 5. The molecule has 1 atom stereocenters. The topological polar surface area (TPSA) is 104 Å². The lowest BCUT2D eigenvalue weighted by atomic mass is 9.86. The van der Waals surface area contributed by atoms with E-state index < -0.39 is 11.7 Å². The van der Waals surface area contributed by atoms with Crippen LogP contribution in [0.5, 0.6) is 5.75 Å². The molecule has 0 saturated heterocycles. The Morgan fingerprint density at radius 1 is 1.19 bits per heavy atom. The van der Waals surface area contributed by atoms with Gasteiger partial charge in [0, 0.05) is 30.4 Å². The maximum atomic E-state index is 15.5. The fraction of sp³-hybridized carbons (Fsp3) is 0.464. The molecule has 9 heteroatoms. The van der Waals surface area contributed by atoms with Crippen LogP contribution >= 0.6 is 0 Å². The molecule has 1 amide bonds. The number of carbonyl (C=O) groups excluding carboxylic acids is 1. The summed E-state index contributed by atoms with van der Waals surface area (Å²) in [7, 11) is 0. The van der Waals surface area contributed by atoms with Crippen LogP contribution in [-0.4, -0.2) is 26.4 Å². The first-order valence-corrected chi connectivity index (χ1v) is 13.2. The highest BCUT2D eigenvalue weighted by molar-refractivity contribution is 6.07. The molecule has 1 aliphatic carbocycles. The Bertz CT molecular complexity index is 1370. The van der Waals surface area contributed by atoms with Gasteiger partial charge in [0.05, 0.1) is 11.7 Å². The molecule has 1 aliphatic heterocycles. The first-order chi connectivity index (χ1) is 17.8. The van der Waals surface area contributed by atoms with Gasteiger partial charge in [-0.05, 0) is 69.2 Å². The van der Waals surface area contributed by atoms with Crippen molar-refractivity contribution in [2.75, 3.05) is 11.1 Å². The van der Waals surface area contributed by atoms with Gasteiger partial charge in [0.1, 0.15) is 23.1 Å². The summed E-state index contributed by atoms with van der Waals surface area (Å²) in [6, 6.07) is 7.82. The van der Waals surface area contributed by atoms with Crippen molar-refractivity contribution in [2.45, 2.75) is 77.9 Å². The number of hydrogen-bond donors (Lipinski definition) is 2. The van der Waals surface area contributed by atoms with Crippen LogP contribution in [0.25, 0.3) is 5.69 Å². The van der Waals surface area contributed by atoms with Crippen molar-refractivity contribution in [3.05, 3.63) is 63.6 Å². The highest BCUT2D eigenvalue weighted by atomic mass is 19.1. The lowest BCUT2D eigenvalue weighted by Gasteiger charge is -2.29. The van der Waals surface area contributed by atoms with Crippen molar-refractivity contribution >= 4 is 17.3 Å². The van der Waals surface area contributed by atoms with E-state index in [9.17, 15) is 9.59 Å². The Morgan fingerprint density at radius 2 is 1.97 bits per heavy atom. The van der Waals surface area contributed by atoms with Gasteiger partial charge in [0.25, 0.3) is 5.91 Å². The summed E-state index contributed by atoms with van der Waals surface area (Å²) in [6.45, 7) is 4.37. The quantitative estimate of drug-likeness (QED) is 0.457. The summed E-state index contributed by atoms with van der Waals surface area (Å²) in [4.78, 5) is 26.4. The molecule has 0 radical (unpaired) electrons. The third kappa shape index (κ3) is 4.99. The van der Waals surface area contributed by atoms with Crippen molar-refractivity contribution in [1.82, 2.24) is 14.3 Å². The molecule has 2 heterocycles. The molecular formula is C28H34FN5O3. The zero-order valence-corrected chi connectivity index (χ0v) is 21.4. The van der Waals surface area contributed by atoms with Gasteiger partial charge >= 0.3 is 5.69 Å². The van der Waals surface area contributed by atoms with Gasteiger partial charge in [-0.15, -0.1) is 5.10 Å². The van der Waals surface area contributed by atoms with Crippen LogP contribution in [0.1, 0.15) is 73.6 Å². The highest BCUT2D eigenvalue weighted by Crippen LogP contribution is 2.33. The molecule has 3 aromatic rings. The molecule has 1 fully saturated rings. The number of carbonyl (C=O) groups is 1. The number of aromatic nitrogens is 3. The minimum atomic E-state index is -0.718. The number of halogens is 1. The van der Waals surface area contributed by atoms with Gasteiger partial charge in [-0.25, -0.2) is 9.18 Å². The predicted molar refractivity (Wildman–Crippen MR) is 141 cm³/mol. The average Bonchev–Trinajstić information content (AvgIpc) is 3.24. The zero-order valence-electron chi connectivity index (χ0n) is 21.4. The van der Waals surface area contributed by atoms with E-state index in [1.807, 2.05) is 13.8 Å². The van der Waals surface area contributed by atoms with Crippen LogP contribution in [0, 0.1) is 18.7 Å². The second-order valence-corrected chi connectivity index (χ2v) is 10.2. The molecular weight excluding hydrogens is 473 g/mol. The molecule has 196 valence electrons. The molecule has 1 aromatic heterocycles. The molecule has 2 aliphatic rings. The van der Waals surface area contributed by atoms with E-state index in [0.717, 1.165) is 54.8 Å². The first kappa shape index (κ1) is 25.0. The molecule has 1 saturated carbocycles. The third-order valence-electron chi connectivity index (χ3n) is 7.74. The lowest BCUT2D eigenvalue weighted by molar-refractivity contribution is 0.0997. The Balaban J connectivity index is 1.54. The van der Waals surface area contributed by atoms with E-state index in [2.05, 4.69) is 10.4 Å². The van der Waals surface area contributed by atoms with Crippen LogP contribution in [-0.2, 0) is 13.0 Å². The SMILES string of the molecule is Cc1c(N)cccc1NC(=O)c1cc(F)c(-n2nc3n(c2=O)CCCC3)cc1O[C@@H](C)C1CCCCC1. The minimum absolute atomic E-state index is 0.0190. The van der Waals surface area contributed by atoms with Crippen molar-refractivity contribution < 1.29 is 13.9 Å². The van der Waals surface area contributed by atoms with Crippen molar-refractivity contribution in [3.63, 3.8) is 0 Å². The van der Waals surface area contributed by atoms with Crippen molar-refractivity contribution in [3.8, 4) is 11.4 Å². The third-order valence-corrected chi connectivity index (χ3v) is 7.74. The van der Waals surface area contributed by atoms with Gasteiger partial charge in [-0.2, -0.15) is 4.68 Å². The lowest BCUT2D eigenvalue weighted by Crippen LogP contribution is -2.28. The molecule has 8 nitrogen and oxygen atoms in total. The van der Waals surface area contributed by atoms with Gasteiger partial charge in [0.2, 0.25) is 0 Å². The number of ether oxygens (including phenoxy) is 1. The number of benzene rings is 2. The van der Waals surface area contributed by atoms with Crippen LogP contribution in [0.4, 0.5) is 15.8 Å². The molecule has 0 spiro atoms. The van der Waals surface area contributed by atoms with E-state index in [-0.39, 0.29) is 28.8 Å². The van der Waals surface area contributed by atoms with Gasteiger partial charge in [-0.3, -0.25) is 9.36 Å². The standard InChI is InChI=1S/C28H34FN5O3/c1-17-22(30)11-8-12-23(17)31-27(35)20-15-21(29)24(34-28(36)33-14-7-6-13-26(33)32-34)16-25(20)37-18(2)19-9-4-3-5-10-19/h8,11-12,15-16,18-19H,3-7,9-10,13-14,30H2,1-2H3,(H,31,35)/t18-/m0/s1. The van der Waals surface area contributed by atoms with E-state index in [1.165, 1.54) is 12.5 Å².